The van der Waals surface area contributed by atoms with Crippen molar-refractivity contribution in [2.75, 3.05) is 0 Å². The van der Waals surface area contributed by atoms with Crippen molar-refractivity contribution in [3.63, 3.8) is 0 Å². The van der Waals surface area contributed by atoms with Gasteiger partial charge in [-0.2, -0.15) is 4.98 Å². The van der Waals surface area contributed by atoms with Gasteiger partial charge in [0.05, 0.1) is 6.42 Å². The predicted molar refractivity (Wildman–Crippen MR) is 102 cm³/mol. The summed E-state index contributed by atoms with van der Waals surface area (Å²) in [7, 11) is 0. The smallest absolute Gasteiger partial charge is 0.389 e. The Kier molecular flexibility index (Phi) is 4.24. The molecule has 150 valence electrons. The normalized spacial score (nSPS) is 16.7. The fraction of sp³-hybridized carbons (Fsp3) is 0.200. The lowest BCUT2D eigenvalue weighted by molar-refractivity contribution is -0.135. The van der Waals surface area contributed by atoms with Crippen molar-refractivity contribution in [3.8, 4) is 11.4 Å². The van der Waals surface area contributed by atoms with Crippen LogP contribution in [0.15, 0.2) is 56.3 Å². The van der Waals surface area contributed by atoms with E-state index in [1.165, 1.54) is 4.57 Å². The number of oxazole rings is 1. The molecule has 10 heteroatoms. The number of hydrogen-bond acceptors (Lipinski definition) is 8. The highest BCUT2D eigenvalue weighted by Crippen LogP contribution is 2.24. The molecule has 1 saturated heterocycles. The van der Waals surface area contributed by atoms with E-state index < -0.39 is 17.7 Å². The SMILES string of the molecule is O=C1CCC(n2c(=O)oc3ncc(Cc4nc(-c5ccccc5)no4)cc32)C(=O)N1. The third-order valence-corrected chi connectivity index (χ3v) is 4.91. The average Bonchev–Trinajstić information content (AvgIpc) is 3.33. The largest absolute Gasteiger partial charge is 0.422 e. The molecule has 1 N–H and O–H groups in total. The Bertz CT molecular complexity index is 1320. The van der Waals surface area contributed by atoms with Gasteiger partial charge in [0, 0.05) is 18.2 Å². The Morgan fingerprint density at radius 2 is 2.00 bits per heavy atom. The number of imide groups is 1. The fourth-order valence-electron chi connectivity index (χ4n) is 3.49. The predicted octanol–water partition coefficient (Wildman–Crippen LogP) is 1.61. The van der Waals surface area contributed by atoms with Crippen LogP contribution in [0.25, 0.3) is 22.6 Å². The Morgan fingerprint density at radius 1 is 1.17 bits per heavy atom. The maximum absolute atomic E-state index is 12.3. The van der Waals surface area contributed by atoms with Gasteiger partial charge in [-0.05, 0) is 18.1 Å². The summed E-state index contributed by atoms with van der Waals surface area (Å²) in [6.45, 7) is 0. The maximum Gasteiger partial charge on any atom is 0.422 e. The number of carbonyl (C=O) groups excluding carboxylic acids is 2. The molecule has 30 heavy (non-hydrogen) atoms. The van der Waals surface area contributed by atoms with Gasteiger partial charge in [-0.1, -0.05) is 35.5 Å². The number of aromatic nitrogens is 4. The molecule has 0 radical (unpaired) electrons. The van der Waals surface area contributed by atoms with E-state index in [1.807, 2.05) is 30.3 Å². The number of piperidine rings is 1. The van der Waals surface area contributed by atoms with Crippen molar-refractivity contribution in [1.29, 1.82) is 0 Å². The van der Waals surface area contributed by atoms with Gasteiger partial charge in [0.15, 0.2) is 0 Å². The zero-order valence-corrected chi connectivity index (χ0v) is 15.6. The topological polar surface area (TPSA) is 133 Å². The van der Waals surface area contributed by atoms with E-state index in [-0.39, 0.29) is 30.9 Å². The van der Waals surface area contributed by atoms with Crippen LogP contribution >= 0.6 is 0 Å². The van der Waals surface area contributed by atoms with Crippen LogP contribution in [-0.4, -0.2) is 31.5 Å². The number of carbonyl (C=O) groups is 2. The van der Waals surface area contributed by atoms with Crippen LogP contribution in [0, 0.1) is 0 Å². The first-order valence-electron chi connectivity index (χ1n) is 9.30. The van der Waals surface area contributed by atoms with Crippen LogP contribution in [0.3, 0.4) is 0 Å². The van der Waals surface area contributed by atoms with Gasteiger partial charge in [-0.15, -0.1) is 0 Å². The first kappa shape index (κ1) is 18.0. The molecule has 1 aromatic carbocycles. The van der Waals surface area contributed by atoms with Crippen LogP contribution in [0.5, 0.6) is 0 Å². The van der Waals surface area contributed by atoms with Crippen LogP contribution in [-0.2, 0) is 16.0 Å². The van der Waals surface area contributed by atoms with Gasteiger partial charge in [0.1, 0.15) is 11.6 Å². The van der Waals surface area contributed by atoms with Gasteiger partial charge in [-0.25, -0.2) is 9.78 Å². The van der Waals surface area contributed by atoms with E-state index in [4.69, 9.17) is 8.94 Å². The van der Waals surface area contributed by atoms with Crippen molar-refractivity contribution >= 4 is 23.0 Å². The summed E-state index contributed by atoms with van der Waals surface area (Å²) in [6, 6.07) is 10.3. The van der Waals surface area contributed by atoms with E-state index >= 15 is 0 Å². The summed E-state index contributed by atoms with van der Waals surface area (Å²) in [5.41, 5.74) is 2.02. The second-order valence-corrected chi connectivity index (χ2v) is 6.93. The maximum atomic E-state index is 12.3. The fourth-order valence-corrected chi connectivity index (χ4v) is 3.49. The minimum absolute atomic E-state index is 0.115. The van der Waals surface area contributed by atoms with Gasteiger partial charge < -0.3 is 8.94 Å². The zero-order valence-electron chi connectivity index (χ0n) is 15.6. The summed E-state index contributed by atoms with van der Waals surface area (Å²) in [5, 5.41) is 6.24. The average molecular weight is 405 g/mol. The standard InChI is InChI=1S/C20H15N5O5/c26-15-7-6-13(18(27)22-15)25-14-8-11(10-21-19(14)29-20(25)28)9-16-23-17(24-30-16)12-4-2-1-3-5-12/h1-5,8,10,13H,6-7,9H2,(H,22,26,27). The van der Waals surface area contributed by atoms with E-state index in [0.29, 0.717) is 22.8 Å². The molecule has 1 fully saturated rings. The molecule has 1 aliphatic heterocycles. The van der Waals surface area contributed by atoms with Crippen molar-refractivity contribution < 1.29 is 18.5 Å². The molecule has 2 amide bonds. The molecule has 5 rings (SSSR count). The van der Waals surface area contributed by atoms with Crippen LogP contribution in [0.2, 0.25) is 0 Å². The van der Waals surface area contributed by atoms with Gasteiger partial charge in [-0.3, -0.25) is 19.5 Å². The number of hydrogen-bond donors (Lipinski definition) is 1. The molecule has 10 nitrogen and oxygen atoms in total. The van der Waals surface area contributed by atoms with Crippen molar-refractivity contribution in [2.24, 2.45) is 0 Å². The summed E-state index contributed by atoms with van der Waals surface area (Å²) >= 11 is 0. The number of nitrogens with one attached hydrogen (secondary N) is 1. The summed E-state index contributed by atoms with van der Waals surface area (Å²) in [5.74, 6) is -0.738. The van der Waals surface area contributed by atoms with E-state index in [1.54, 1.807) is 12.3 Å². The minimum atomic E-state index is -0.832. The molecule has 1 aliphatic rings. The van der Waals surface area contributed by atoms with Gasteiger partial charge in [0.2, 0.25) is 29.2 Å². The Morgan fingerprint density at radius 3 is 2.80 bits per heavy atom. The van der Waals surface area contributed by atoms with E-state index in [2.05, 4.69) is 20.4 Å². The zero-order chi connectivity index (χ0) is 20.7. The van der Waals surface area contributed by atoms with E-state index in [9.17, 15) is 14.4 Å². The number of fused-ring (bicyclic) bond motifs is 1. The third-order valence-electron chi connectivity index (χ3n) is 4.91. The van der Waals surface area contributed by atoms with Crippen molar-refractivity contribution in [1.82, 2.24) is 25.0 Å². The summed E-state index contributed by atoms with van der Waals surface area (Å²) < 4.78 is 11.7. The number of benzene rings is 1. The monoisotopic (exact) mass is 405 g/mol. The highest BCUT2D eigenvalue weighted by molar-refractivity contribution is 5.99. The number of rotatable bonds is 4. The second-order valence-electron chi connectivity index (χ2n) is 6.93. The molecule has 0 spiro atoms. The van der Waals surface area contributed by atoms with Gasteiger partial charge >= 0.3 is 5.76 Å². The lowest BCUT2D eigenvalue weighted by Gasteiger charge is -2.21. The van der Waals surface area contributed by atoms with Crippen molar-refractivity contribution in [3.05, 3.63) is 64.6 Å². The first-order chi connectivity index (χ1) is 14.6. The lowest BCUT2D eigenvalue weighted by atomic mass is 10.1. The number of pyridine rings is 1. The molecule has 4 aromatic rings. The third kappa shape index (κ3) is 3.17. The summed E-state index contributed by atoms with van der Waals surface area (Å²) in [6.07, 6.45) is 2.20. The second kappa shape index (κ2) is 7.07. The molecule has 0 bridgehead atoms. The minimum Gasteiger partial charge on any atom is -0.389 e. The first-order valence-corrected chi connectivity index (χ1v) is 9.30. The quantitative estimate of drug-likeness (QED) is 0.506. The number of nitrogens with zero attached hydrogens (tertiary/aromatic N) is 4. The summed E-state index contributed by atoms with van der Waals surface area (Å²) in [4.78, 5) is 44.6. The Balaban J connectivity index is 1.47. The van der Waals surface area contributed by atoms with Crippen molar-refractivity contribution in [2.45, 2.75) is 25.3 Å². The van der Waals surface area contributed by atoms with Crippen LogP contribution in [0.4, 0.5) is 0 Å². The highest BCUT2D eigenvalue weighted by Gasteiger charge is 2.31. The molecule has 4 heterocycles. The molecule has 0 aliphatic carbocycles. The highest BCUT2D eigenvalue weighted by atomic mass is 16.5. The van der Waals surface area contributed by atoms with Crippen LogP contribution < -0.4 is 11.1 Å². The van der Waals surface area contributed by atoms with Crippen LogP contribution in [0.1, 0.15) is 30.3 Å². The van der Waals surface area contributed by atoms with E-state index in [0.717, 1.165) is 5.56 Å². The molecule has 1 atom stereocenters. The molecule has 0 saturated carbocycles. The number of amides is 2. The molecular weight excluding hydrogens is 390 g/mol. The molecular formula is C20H15N5O5. The molecule has 1 unspecified atom stereocenters. The Labute approximate surface area is 168 Å². The Hall–Kier alpha value is -4.08. The van der Waals surface area contributed by atoms with Gasteiger partial charge in [0.25, 0.3) is 0 Å². The molecule has 3 aromatic heterocycles. The lowest BCUT2D eigenvalue weighted by Crippen LogP contribution is -2.43.